The predicted molar refractivity (Wildman–Crippen MR) is 51.5 cm³/mol. The number of halogens is 1. The van der Waals surface area contributed by atoms with Gasteiger partial charge in [0.05, 0.1) is 6.10 Å². The normalized spacial score (nSPS) is 12.9. The first kappa shape index (κ1) is 9.56. The molecule has 0 heterocycles. The summed E-state index contributed by atoms with van der Waals surface area (Å²) in [5.41, 5.74) is 1.09. The van der Waals surface area contributed by atoms with Gasteiger partial charge in [-0.1, -0.05) is 30.7 Å². The summed E-state index contributed by atoms with van der Waals surface area (Å²) in [6.07, 6.45) is 1.23. The second kappa shape index (κ2) is 4.48. The molecule has 12 heavy (non-hydrogen) atoms. The molecule has 1 atom stereocenters. The summed E-state index contributed by atoms with van der Waals surface area (Å²) < 4.78 is 0. The van der Waals surface area contributed by atoms with Gasteiger partial charge in [0.2, 0.25) is 0 Å². The minimum Gasteiger partial charge on any atom is -0.393 e. The molecule has 0 saturated heterocycles. The van der Waals surface area contributed by atoms with Gasteiger partial charge in [-0.2, -0.15) is 0 Å². The summed E-state index contributed by atoms with van der Waals surface area (Å²) in [7, 11) is 0. The molecule has 2 heteroatoms. The Morgan fingerprint density at radius 2 is 2.25 bits per heavy atom. The van der Waals surface area contributed by atoms with Crippen LogP contribution in [0.5, 0.6) is 0 Å². The highest BCUT2D eigenvalue weighted by Crippen LogP contribution is 2.12. The lowest BCUT2D eigenvalue weighted by atomic mass is 10.1. The number of hydrogen-bond donors (Lipinski definition) is 1. The first-order chi connectivity index (χ1) is 5.72. The van der Waals surface area contributed by atoms with E-state index in [9.17, 15) is 5.11 Å². The highest BCUT2D eigenvalue weighted by molar-refractivity contribution is 6.30. The third-order valence-corrected chi connectivity index (χ3v) is 2.07. The highest BCUT2D eigenvalue weighted by atomic mass is 35.5. The van der Waals surface area contributed by atoms with Crippen molar-refractivity contribution in [1.82, 2.24) is 0 Å². The Labute approximate surface area is 78.0 Å². The van der Waals surface area contributed by atoms with Crippen LogP contribution >= 0.6 is 11.6 Å². The van der Waals surface area contributed by atoms with Gasteiger partial charge >= 0.3 is 0 Å². The molecule has 0 spiro atoms. The minimum atomic E-state index is -0.247. The maximum absolute atomic E-state index is 9.36. The third-order valence-electron chi connectivity index (χ3n) is 1.83. The first-order valence-electron chi connectivity index (χ1n) is 4.15. The van der Waals surface area contributed by atoms with E-state index in [1.165, 1.54) is 0 Å². The van der Waals surface area contributed by atoms with Crippen LogP contribution in [0.3, 0.4) is 0 Å². The average Bonchev–Trinajstić information content (AvgIpc) is 2.04. The van der Waals surface area contributed by atoms with Gasteiger partial charge < -0.3 is 5.11 Å². The van der Waals surface area contributed by atoms with E-state index >= 15 is 0 Å². The summed E-state index contributed by atoms with van der Waals surface area (Å²) >= 11 is 5.79. The zero-order valence-corrected chi connectivity index (χ0v) is 7.88. The van der Waals surface area contributed by atoms with E-state index in [0.29, 0.717) is 6.42 Å². The van der Waals surface area contributed by atoms with Gasteiger partial charge in [0.15, 0.2) is 0 Å². The SMILES string of the molecule is CCC(O)Cc1cccc(Cl)c1. The third kappa shape index (κ3) is 2.84. The molecule has 0 amide bonds. The molecular formula is C10H13ClO. The van der Waals surface area contributed by atoms with Crippen LogP contribution in [-0.2, 0) is 6.42 Å². The molecular weight excluding hydrogens is 172 g/mol. The Hall–Kier alpha value is -0.530. The molecule has 1 N–H and O–H groups in total. The van der Waals surface area contributed by atoms with Crippen LogP contribution in [0.4, 0.5) is 0 Å². The van der Waals surface area contributed by atoms with Gasteiger partial charge in [0.25, 0.3) is 0 Å². The lowest BCUT2D eigenvalue weighted by Crippen LogP contribution is -2.07. The largest absolute Gasteiger partial charge is 0.393 e. The van der Waals surface area contributed by atoms with Crippen LogP contribution in [0.15, 0.2) is 24.3 Å². The van der Waals surface area contributed by atoms with Crippen molar-refractivity contribution in [3.63, 3.8) is 0 Å². The molecule has 1 nitrogen and oxygen atoms in total. The van der Waals surface area contributed by atoms with Crippen LogP contribution in [0, 0.1) is 0 Å². The van der Waals surface area contributed by atoms with Gasteiger partial charge in [-0.05, 0) is 30.5 Å². The van der Waals surface area contributed by atoms with Gasteiger partial charge in [-0.3, -0.25) is 0 Å². The monoisotopic (exact) mass is 184 g/mol. The van der Waals surface area contributed by atoms with E-state index in [-0.39, 0.29) is 6.10 Å². The Balaban J connectivity index is 2.63. The van der Waals surface area contributed by atoms with E-state index in [1.54, 1.807) is 0 Å². The lowest BCUT2D eigenvalue weighted by molar-refractivity contribution is 0.171. The second-order valence-electron chi connectivity index (χ2n) is 2.90. The smallest absolute Gasteiger partial charge is 0.0577 e. The molecule has 0 radical (unpaired) electrons. The molecule has 1 aromatic carbocycles. The fraction of sp³-hybridized carbons (Fsp3) is 0.400. The molecule has 66 valence electrons. The Kier molecular flexibility index (Phi) is 3.57. The van der Waals surface area contributed by atoms with E-state index in [4.69, 9.17) is 11.6 Å². The number of hydrogen-bond acceptors (Lipinski definition) is 1. The van der Waals surface area contributed by atoms with Crippen molar-refractivity contribution in [3.8, 4) is 0 Å². The maximum Gasteiger partial charge on any atom is 0.0577 e. The van der Waals surface area contributed by atoms with Crippen LogP contribution in [0.25, 0.3) is 0 Å². The van der Waals surface area contributed by atoms with Crippen LogP contribution in [0.2, 0.25) is 5.02 Å². The standard InChI is InChI=1S/C10H13ClO/c1-2-10(12)7-8-4-3-5-9(11)6-8/h3-6,10,12H,2,7H2,1H3. The number of aliphatic hydroxyl groups is 1. The Morgan fingerprint density at radius 1 is 1.50 bits per heavy atom. The summed E-state index contributed by atoms with van der Waals surface area (Å²) in [4.78, 5) is 0. The van der Waals surface area contributed by atoms with Crippen molar-refractivity contribution in [2.75, 3.05) is 0 Å². The summed E-state index contributed by atoms with van der Waals surface area (Å²) in [5.74, 6) is 0. The van der Waals surface area contributed by atoms with Gasteiger partial charge in [0.1, 0.15) is 0 Å². The van der Waals surface area contributed by atoms with Crippen LogP contribution in [0.1, 0.15) is 18.9 Å². The molecule has 1 rings (SSSR count). The molecule has 1 unspecified atom stereocenters. The molecule has 0 fully saturated rings. The Bertz CT molecular complexity index is 247. The number of benzene rings is 1. The quantitative estimate of drug-likeness (QED) is 0.766. The molecule has 0 aliphatic carbocycles. The fourth-order valence-electron chi connectivity index (χ4n) is 1.08. The van der Waals surface area contributed by atoms with Crippen LogP contribution < -0.4 is 0 Å². The van der Waals surface area contributed by atoms with E-state index in [0.717, 1.165) is 17.0 Å². The average molecular weight is 185 g/mol. The summed E-state index contributed by atoms with van der Waals surface area (Å²) in [6.45, 7) is 1.97. The zero-order chi connectivity index (χ0) is 8.97. The molecule has 0 bridgehead atoms. The van der Waals surface area contributed by atoms with Crippen LogP contribution in [-0.4, -0.2) is 11.2 Å². The second-order valence-corrected chi connectivity index (χ2v) is 3.33. The van der Waals surface area contributed by atoms with Crippen molar-refractivity contribution in [2.24, 2.45) is 0 Å². The molecule has 0 aliphatic heterocycles. The van der Waals surface area contributed by atoms with Gasteiger partial charge in [-0.15, -0.1) is 0 Å². The lowest BCUT2D eigenvalue weighted by Gasteiger charge is -2.06. The van der Waals surface area contributed by atoms with Crippen molar-refractivity contribution in [3.05, 3.63) is 34.9 Å². The Morgan fingerprint density at radius 3 is 2.83 bits per heavy atom. The van der Waals surface area contributed by atoms with E-state index in [2.05, 4.69) is 0 Å². The van der Waals surface area contributed by atoms with Crippen molar-refractivity contribution in [1.29, 1.82) is 0 Å². The molecule has 0 saturated carbocycles. The molecule has 0 aliphatic rings. The van der Waals surface area contributed by atoms with E-state index < -0.39 is 0 Å². The van der Waals surface area contributed by atoms with E-state index in [1.807, 2.05) is 31.2 Å². The fourth-order valence-corrected chi connectivity index (χ4v) is 1.29. The zero-order valence-electron chi connectivity index (χ0n) is 7.13. The van der Waals surface area contributed by atoms with Gasteiger partial charge in [0, 0.05) is 5.02 Å². The minimum absolute atomic E-state index is 0.247. The summed E-state index contributed by atoms with van der Waals surface area (Å²) in [6, 6.07) is 7.61. The molecule has 1 aromatic rings. The van der Waals surface area contributed by atoms with Crippen molar-refractivity contribution >= 4 is 11.6 Å². The number of aliphatic hydroxyl groups excluding tert-OH is 1. The molecule has 0 aromatic heterocycles. The maximum atomic E-state index is 9.36. The van der Waals surface area contributed by atoms with Gasteiger partial charge in [-0.25, -0.2) is 0 Å². The number of rotatable bonds is 3. The van der Waals surface area contributed by atoms with Crippen molar-refractivity contribution < 1.29 is 5.11 Å². The predicted octanol–water partition coefficient (Wildman–Crippen LogP) is 2.65. The first-order valence-corrected chi connectivity index (χ1v) is 4.52. The topological polar surface area (TPSA) is 20.2 Å². The summed E-state index contributed by atoms with van der Waals surface area (Å²) in [5, 5.41) is 10.1. The highest BCUT2D eigenvalue weighted by Gasteiger charge is 2.02. The van der Waals surface area contributed by atoms with Crippen molar-refractivity contribution in [2.45, 2.75) is 25.9 Å².